The number of carbonyl (C=O) groups is 2. The van der Waals surface area contributed by atoms with Gasteiger partial charge in [-0.1, -0.05) is 6.92 Å². The molecule has 21 heavy (non-hydrogen) atoms. The third-order valence-electron chi connectivity index (χ3n) is 4.23. The van der Waals surface area contributed by atoms with Crippen molar-refractivity contribution in [2.45, 2.75) is 39.0 Å². The second-order valence-corrected chi connectivity index (χ2v) is 6.33. The van der Waals surface area contributed by atoms with Crippen molar-refractivity contribution >= 4 is 11.9 Å². The lowest BCUT2D eigenvalue weighted by Gasteiger charge is -2.34. The molecule has 1 aromatic rings. The second-order valence-electron chi connectivity index (χ2n) is 6.33. The first kappa shape index (κ1) is 14.1. The molecule has 2 atom stereocenters. The monoisotopic (exact) mass is 292 g/mol. The number of oxazole rings is 1. The van der Waals surface area contributed by atoms with E-state index in [2.05, 4.69) is 4.98 Å². The van der Waals surface area contributed by atoms with Gasteiger partial charge in [-0.2, -0.15) is 0 Å². The number of rotatable bonds is 3. The van der Waals surface area contributed by atoms with Crippen molar-refractivity contribution in [2.24, 2.45) is 11.8 Å². The normalized spacial score (nSPS) is 25.9. The van der Waals surface area contributed by atoms with Crippen LogP contribution in [0.3, 0.4) is 0 Å². The molecule has 1 saturated heterocycles. The number of carboxylic acid groups (broad SMARTS) is 1. The smallest absolute Gasteiger partial charge is 0.308 e. The minimum Gasteiger partial charge on any atom is -0.481 e. The number of amides is 1. The maximum atomic E-state index is 12.6. The largest absolute Gasteiger partial charge is 0.481 e. The van der Waals surface area contributed by atoms with Gasteiger partial charge in [-0.05, 0) is 32.1 Å². The molecule has 1 saturated carbocycles. The lowest BCUT2D eigenvalue weighted by atomic mass is 9.90. The molecule has 114 valence electrons. The SMILES string of the molecule is Cc1nc(C2CC2)oc1C(=O)N1CC(C)CC(C(=O)O)C1. The molecule has 2 unspecified atom stereocenters. The average Bonchev–Trinajstić information content (AvgIpc) is 3.20. The molecular weight excluding hydrogens is 272 g/mol. The Morgan fingerprint density at radius 3 is 2.67 bits per heavy atom. The average molecular weight is 292 g/mol. The first-order valence-electron chi connectivity index (χ1n) is 7.45. The molecule has 0 radical (unpaired) electrons. The highest BCUT2D eigenvalue weighted by Gasteiger charge is 2.36. The van der Waals surface area contributed by atoms with Crippen LogP contribution in [0.1, 0.15) is 54.2 Å². The number of hydrogen-bond donors (Lipinski definition) is 1. The van der Waals surface area contributed by atoms with Crippen molar-refractivity contribution in [3.8, 4) is 0 Å². The van der Waals surface area contributed by atoms with E-state index in [-0.39, 0.29) is 24.1 Å². The van der Waals surface area contributed by atoms with Crippen molar-refractivity contribution in [2.75, 3.05) is 13.1 Å². The molecule has 0 bridgehead atoms. The molecule has 6 nitrogen and oxygen atoms in total. The minimum absolute atomic E-state index is 0.176. The Morgan fingerprint density at radius 2 is 2.05 bits per heavy atom. The van der Waals surface area contributed by atoms with Gasteiger partial charge >= 0.3 is 5.97 Å². The predicted octanol–water partition coefficient (Wildman–Crippen LogP) is 2.04. The molecule has 3 rings (SSSR count). The molecule has 1 N–H and O–H groups in total. The highest BCUT2D eigenvalue weighted by Crippen LogP contribution is 2.40. The summed E-state index contributed by atoms with van der Waals surface area (Å²) in [5, 5.41) is 9.19. The molecule has 6 heteroatoms. The van der Waals surface area contributed by atoms with Gasteiger partial charge in [-0.25, -0.2) is 4.98 Å². The first-order valence-corrected chi connectivity index (χ1v) is 7.45. The number of likely N-dealkylation sites (tertiary alicyclic amines) is 1. The Balaban J connectivity index is 1.78. The summed E-state index contributed by atoms with van der Waals surface area (Å²) in [6.07, 6.45) is 2.74. The quantitative estimate of drug-likeness (QED) is 0.921. The van der Waals surface area contributed by atoms with Gasteiger partial charge in [0.25, 0.3) is 5.91 Å². The summed E-state index contributed by atoms with van der Waals surface area (Å²) in [6.45, 7) is 4.56. The van der Waals surface area contributed by atoms with E-state index in [9.17, 15) is 14.7 Å². The lowest BCUT2D eigenvalue weighted by Crippen LogP contribution is -2.45. The molecule has 2 fully saturated rings. The van der Waals surface area contributed by atoms with Crippen LogP contribution in [0, 0.1) is 18.8 Å². The third kappa shape index (κ3) is 2.80. The van der Waals surface area contributed by atoms with Gasteiger partial charge in [-0.3, -0.25) is 9.59 Å². The summed E-state index contributed by atoms with van der Waals surface area (Å²) in [6, 6.07) is 0. The van der Waals surface area contributed by atoms with Crippen LogP contribution in [0.15, 0.2) is 4.42 Å². The van der Waals surface area contributed by atoms with Crippen LogP contribution in [0.25, 0.3) is 0 Å². The van der Waals surface area contributed by atoms with Crippen LogP contribution in [0.5, 0.6) is 0 Å². The maximum absolute atomic E-state index is 12.6. The minimum atomic E-state index is -0.840. The van der Waals surface area contributed by atoms with Gasteiger partial charge in [0.05, 0.1) is 11.6 Å². The fraction of sp³-hybridized carbons (Fsp3) is 0.667. The highest BCUT2D eigenvalue weighted by molar-refractivity contribution is 5.93. The summed E-state index contributed by atoms with van der Waals surface area (Å²) >= 11 is 0. The number of aryl methyl sites for hydroxylation is 1. The van der Waals surface area contributed by atoms with Crippen molar-refractivity contribution < 1.29 is 19.1 Å². The number of piperidine rings is 1. The van der Waals surface area contributed by atoms with E-state index in [1.54, 1.807) is 11.8 Å². The summed E-state index contributed by atoms with van der Waals surface area (Å²) < 4.78 is 5.63. The van der Waals surface area contributed by atoms with Crippen LogP contribution in [-0.2, 0) is 4.79 Å². The Kier molecular flexibility index (Phi) is 3.47. The van der Waals surface area contributed by atoms with Crippen LogP contribution in [0.4, 0.5) is 0 Å². The topological polar surface area (TPSA) is 83.6 Å². The summed E-state index contributed by atoms with van der Waals surface area (Å²) in [5.41, 5.74) is 0.604. The number of hydrogen-bond acceptors (Lipinski definition) is 4. The molecule has 1 amide bonds. The molecule has 1 aliphatic carbocycles. The number of carboxylic acids is 1. The van der Waals surface area contributed by atoms with Crippen LogP contribution >= 0.6 is 0 Å². The van der Waals surface area contributed by atoms with E-state index in [0.29, 0.717) is 30.5 Å². The second kappa shape index (κ2) is 5.16. The number of carbonyl (C=O) groups excluding carboxylic acids is 1. The van der Waals surface area contributed by atoms with Crippen molar-refractivity contribution in [1.82, 2.24) is 9.88 Å². The summed E-state index contributed by atoms with van der Waals surface area (Å²) in [4.78, 5) is 29.7. The molecule has 2 aliphatic rings. The van der Waals surface area contributed by atoms with Crippen molar-refractivity contribution in [1.29, 1.82) is 0 Å². The van der Waals surface area contributed by atoms with Gasteiger partial charge in [0.15, 0.2) is 5.89 Å². The van der Waals surface area contributed by atoms with Crippen molar-refractivity contribution in [3.63, 3.8) is 0 Å². The molecule has 1 aromatic heterocycles. The number of nitrogens with zero attached hydrogens (tertiary/aromatic N) is 2. The Hall–Kier alpha value is -1.85. The van der Waals surface area contributed by atoms with E-state index in [0.717, 1.165) is 12.8 Å². The van der Waals surface area contributed by atoms with E-state index in [1.807, 2.05) is 6.92 Å². The highest BCUT2D eigenvalue weighted by atomic mass is 16.4. The van der Waals surface area contributed by atoms with E-state index < -0.39 is 11.9 Å². The Bertz CT molecular complexity index is 576. The molecular formula is C15H20N2O4. The zero-order chi connectivity index (χ0) is 15.1. The van der Waals surface area contributed by atoms with Gasteiger partial charge in [-0.15, -0.1) is 0 Å². The first-order chi connectivity index (χ1) is 9.95. The van der Waals surface area contributed by atoms with Gasteiger partial charge in [0.1, 0.15) is 0 Å². The Morgan fingerprint density at radius 1 is 1.33 bits per heavy atom. The van der Waals surface area contributed by atoms with Gasteiger partial charge in [0, 0.05) is 19.0 Å². The van der Waals surface area contributed by atoms with Crippen LogP contribution in [-0.4, -0.2) is 40.0 Å². The number of aliphatic carboxylic acids is 1. The van der Waals surface area contributed by atoms with Crippen molar-refractivity contribution in [3.05, 3.63) is 17.3 Å². The van der Waals surface area contributed by atoms with Crippen LogP contribution in [0.2, 0.25) is 0 Å². The summed E-state index contributed by atoms with van der Waals surface area (Å²) in [5.74, 6) is -0.112. The predicted molar refractivity (Wildman–Crippen MR) is 74.0 cm³/mol. The van der Waals surface area contributed by atoms with E-state index in [1.165, 1.54) is 0 Å². The molecule has 1 aliphatic heterocycles. The molecule has 0 aromatic carbocycles. The van der Waals surface area contributed by atoms with Crippen LogP contribution < -0.4 is 0 Å². The van der Waals surface area contributed by atoms with Gasteiger partial charge in [0.2, 0.25) is 5.76 Å². The number of aromatic nitrogens is 1. The fourth-order valence-corrected chi connectivity index (χ4v) is 2.96. The standard InChI is InChI=1S/C15H20N2O4/c1-8-5-11(15(19)20)7-17(6-8)14(18)12-9(2)16-13(21-12)10-3-4-10/h8,10-11H,3-7H2,1-2H3,(H,19,20). The maximum Gasteiger partial charge on any atom is 0.308 e. The third-order valence-corrected chi connectivity index (χ3v) is 4.23. The van der Waals surface area contributed by atoms with E-state index in [4.69, 9.17) is 4.42 Å². The zero-order valence-electron chi connectivity index (χ0n) is 12.3. The van der Waals surface area contributed by atoms with E-state index >= 15 is 0 Å². The molecule has 0 spiro atoms. The Labute approximate surface area is 123 Å². The zero-order valence-corrected chi connectivity index (χ0v) is 12.3. The van der Waals surface area contributed by atoms with Gasteiger partial charge < -0.3 is 14.4 Å². The lowest BCUT2D eigenvalue weighted by molar-refractivity contribution is -0.143. The summed E-state index contributed by atoms with van der Waals surface area (Å²) in [7, 11) is 0. The molecule has 2 heterocycles. The fourth-order valence-electron chi connectivity index (χ4n) is 2.96.